The van der Waals surface area contributed by atoms with Gasteiger partial charge < -0.3 is 10.6 Å². The van der Waals surface area contributed by atoms with E-state index in [1.54, 1.807) is 0 Å². The Bertz CT molecular complexity index is 375. The lowest BCUT2D eigenvalue weighted by Crippen LogP contribution is -2.55. The molecule has 2 N–H and O–H groups in total. The highest BCUT2D eigenvalue weighted by Gasteiger charge is 2.33. The molecule has 0 aromatic rings. The van der Waals surface area contributed by atoms with Gasteiger partial charge in [-0.15, -0.1) is 6.42 Å². The molecule has 2 fully saturated rings. The van der Waals surface area contributed by atoms with Crippen molar-refractivity contribution in [3.8, 4) is 12.3 Å². The zero-order valence-corrected chi connectivity index (χ0v) is 10.4. The van der Waals surface area contributed by atoms with Crippen LogP contribution in [0.1, 0.15) is 19.3 Å². The van der Waals surface area contributed by atoms with Gasteiger partial charge in [-0.2, -0.15) is 0 Å². The van der Waals surface area contributed by atoms with Gasteiger partial charge in [-0.25, -0.2) is 0 Å². The molecule has 2 aliphatic heterocycles. The van der Waals surface area contributed by atoms with E-state index >= 15 is 0 Å². The molecule has 18 heavy (non-hydrogen) atoms. The Balaban J connectivity index is 1.79. The van der Waals surface area contributed by atoms with Gasteiger partial charge in [-0.3, -0.25) is 14.5 Å². The lowest BCUT2D eigenvalue weighted by Gasteiger charge is -2.41. The monoisotopic (exact) mass is 249 g/mol. The van der Waals surface area contributed by atoms with Crippen LogP contribution in [0.25, 0.3) is 0 Å². The Morgan fingerprint density at radius 1 is 1.56 bits per heavy atom. The molecule has 0 aromatic heterocycles. The van der Waals surface area contributed by atoms with E-state index in [2.05, 4.69) is 21.5 Å². The minimum Gasteiger partial charge on any atom is -0.353 e. The van der Waals surface area contributed by atoms with Crippen LogP contribution in [0.3, 0.4) is 0 Å². The number of terminal acetylenes is 1. The number of amides is 2. The van der Waals surface area contributed by atoms with Crippen LogP contribution in [-0.4, -0.2) is 48.9 Å². The minimum absolute atomic E-state index is 0.0220. The molecule has 2 aliphatic rings. The molecule has 0 spiro atoms. The van der Waals surface area contributed by atoms with Gasteiger partial charge >= 0.3 is 0 Å². The average molecular weight is 249 g/mol. The molecule has 0 bridgehead atoms. The number of carbonyl (C=O) groups is 2. The Labute approximate surface area is 107 Å². The second-order valence-corrected chi connectivity index (χ2v) is 4.98. The first-order chi connectivity index (χ1) is 8.69. The lowest BCUT2D eigenvalue weighted by atomic mass is 9.85. The number of carbonyl (C=O) groups excluding carboxylic acids is 2. The van der Waals surface area contributed by atoms with Crippen molar-refractivity contribution in [2.75, 3.05) is 26.2 Å². The van der Waals surface area contributed by atoms with E-state index in [9.17, 15) is 9.59 Å². The van der Waals surface area contributed by atoms with E-state index in [4.69, 9.17) is 6.42 Å². The predicted octanol–water partition coefficient (Wildman–Crippen LogP) is -0.664. The fourth-order valence-corrected chi connectivity index (χ4v) is 2.74. The average Bonchev–Trinajstić information content (AvgIpc) is 2.36. The summed E-state index contributed by atoms with van der Waals surface area (Å²) in [4.78, 5) is 25.0. The number of piperidine rings is 2. The van der Waals surface area contributed by atoms with Crippen molar-refractivity contribution in [3.63, 3.8) is 0 Å². The molecule has 0 saturated carbocycles. The van der Waals surface area contributed by atoms with Crippen molar-refractivity contribution in [1.82, 2.24) is 15.5 Å². The van der Waals surface area contributed by atoms with Crippen molar-refractivity contribution in [2.24, 2.45) is 5.92 Å². The molecule has 5 heteroatoms. The molecule has 5 nitrogen and oxygen atoms in total. The maximum atomic E-state index is 11.6. The van der Waals surface area contributed by atoms with Crippen LogP contribution in [0.5, 0.6) is 0 Å². The standard InChI is InChI=1S/C13H19N3O2/c1-2-6-14-13(18)9-16-7-5-11-10(8-16)3-4-12(17)15-11/h1,10-11H,3-9H2,(H,14,18)(H,15,17). The van der Waals surface area contributed by atoms with Gasteiger partial charge in [0.1, 0.15) is 0 Å². The maximum Gasteiger partial charge on any atom is 0.234 e. The molecular weight excluding hydrogens is 230 g/mol. The summed E-state index contributed by atoms with van der Waals surface area (Å²) in [5.41, 5.74) is 0. The third-order valence-electron chi connectivity index (χ3n) is 3.66. The number of rotatable bonds is 3. The fraction of sp³-hybridized carbons (Fsp3) is 0.692. The first-order valence-corrected chi connectivity index (χ1v) is 6.41. The number of likely N-dealkylation sites (tertiary alicyclic amines) is 1. The smallest absolute Gasteiger partial charge is 0.234 e. The highest BCUT2D eigenvalue weighted by atomic mass is 16.2. The largest absolute Gasteiger partial charge is 0.353 e. The van der Waals surface area contributed by atoms with E-state index in [0.717, 1.165) is 25.9 Å². The summed E-state index contributed by atoms with van der Waals surface area (Å²) < 4.78 is 0. The highest BCUT2D eigenvalue weighted by molar-refractivity contribution is 5.78. The normalized spacial score (nSPS) is 27.8. The summed E-state index contributed by atoms with van der Waals surface area (Å²) in [6.07, 6.45) is 7.56. The van der Waals surface area contributed by atoms with Gasteiger partial charge in [0.15, 0.2) is 0 Å². The Kier molecular flexibility index (Phi) is 4.21. The molecule has 0 aliphatic carbocycles. The summed E-state index contributed by atoms with van der Waals surface area (Å²) in [5, 5.41) is 5.71. The Hall–Kier alpha value is -1.54. The molecule has 2 unspecified atom stereocenters. The second-order valence-electron chi connectivity index (χ2n) is 4.98. The molecule has 2 rings (SSSR count). The molecule has 0 aromatic carbocycles. The molecular formula is C13H19N3O2. The van der Waals surface area contributed by atoms with Gasteiger partial charge in [0.05, 0.1) is 13.1 Å². The topological polar surface area (TPSA) is 61.4 Å². The molecule has 98 valence electrons. The van der Waals surface area contributed by atoms with E-state index < -0.39 is 0 Å². The summed E-state index contributed by atoms with van der Waals surface area (Å²) in [5.74, 6) is 3.01. The van der Waals surface area contributed by atoms with Crippen LogP contribution in [0.15, 0.2) is 0 Å². The first kappa shape index (κ1) is 12.9. The van der Waals surface area contributed by atoms with Gasteiger partial charge in [0.2, 0.25) is 11.8 Å². The zero-order valence-electron chi connectivity index (χ0n) is 10.4. The summed E-state index contributed by atoms with van der Waals surface area (Å²) >= 11 is 0. The Morgan fingerprint density at radius 3 is 3.17 bits per heavy atom. The second kappa shape index (κ2) is 5.87. The fourth-order valence-electron chi connectivity index (χ4n) is 2.74. The van der Waals surface area contributed by atoms with Crippen LogP contribution < -0.4 is 10.6 Å². The zero-order chi connectivity index (χ0) is 13.0. The molecule has 2 atom stereocenters. The summed E-state index contributed by atoms with van der Waals surface area (Å²) in [7, 11) is 0. The molecule has 2 saturated heterocycles. The van der Waals surface area contributed by atoms with Crippen molar-refractivity contribution in [1.29, 1.82) is 0 Å². The van der Waals surface area contributed by atoms with Crippen LogP contribution in [0.2, 0.25) is 0 Å². The van der Waals surface area contributed by atoms with Gasteiger partial charge in [-0.1, -0.05) is 5.92 Å². The van der Waals surface area contributed by atoms with Crippen LogP contribution in [0, 0.1) is 18.3 Å². The molecule has 2 heterocycles. The van der Waals surface area contributed by atoms with Crippen LogP contribution >= 0.6 is 0 Å². The quantitative estimate of drug-likeness (QED) is 0.653. The van der Waals surface area contributed by atoms with Crippen LogP contribution in [0.4, 0.5) is 0 Å². The molecule has 0 radical (unpaired) electrons. The van der Waals surface area contributed by atoms with E-state index in [1.165, 1.54) is 0 Å². The maximum absolute atomic E-state index is 11.6. The third-order valence-corrected chi connectivity index (χ3v) is 3.66. The van der Waals surface area contributed by atoms with Crippen LogP contribution in [-0.2, 0) is 9.59 Å². The van der Waals surface area contributed by atoms with Crippen molar-refractivity contribution >= 4 is 11.8 Å². The van der Waals surface area contributed by atoms with Crippen molar-refractivity contribution < 1.29 is 9.59 Å². The van der Waals surface area contributed by atoms with Gasteiger partial charge in [0, 0.05) is 25.6 Å². The SMILES string of the molecule is C#CCNC(=O)CN1CCC2NC(=O)CCC2C1. The van der Waals surface area contributed by atoms with Crippen molar-refractivity contribution in [3.05, 3.63) is 0 Å². The predicted molar refractivity (Wildman–Crippen MR) is 67.6 cm³/mol. The minimum atomic E-state index is -0.0220. The number of fused-ring (bicyclic) bond motifs is 1. The number of nitrogens with zero attached hydrogens (tertiary/aromatic N) is 1. The highest BCUT2D eigenvalue weighted by Crippen LogP contribution is 2.24. The van der Waals surface area contributed by atoms with E-state index in [1.807, 2.05) is 0 Å². The van der Waals surface area contributed by atoms with Gasteiger partial charge in [0.25, 0.3) is 0 Å². The lowest BCUT2D eigenvalue weighted by molar-refractivity contribution is -0.127. The van der Waals surface area contributed by atoms with E-state index in [-0.39, 0.29) is 18.4 Å². The number of hydrogen-bond acceptors (Lipinski definition) is 3. The number of nitrogens with one attached hydrogen (secondary N) is 2. The summed E-state index contributed by atoms with van der Waals surface area (Å²) in [6, 6.07) is 0.302. The Morgan fingerprint density at radius 2 is 2.39 bits per heavy atom. The summed E-state index contributed by atoms with van der Waals surface area (Å²) in [6.45, 7) is 2.42. The first-order valence-electron chi connectivity index (χ1n) is 6.41. The van der Waals surface area contributed by atoms with E-state index in [0.29, 0.717) is 24.9 Å². The third kappa shape index (κ3) is 3.23. The number of hydrogen-bond donors (Lipinski definition) is 2. The van der Waals surface area contributed by atoms with Crippen molar-refractivity contribution in [2.45, 2.75) is 25.3 Å². The van der Waals surface area contributed by atoms with Gasteiger partial charge in [-0.05, 0) is 18.8 Å². The molecule has 2 amide bonds.